The lowest BCUT2D eigenvalue weighted by Crippen LogP contribution is -2.24. The van der Waals surface area contributed by atoms with Crippen LogP contribution < -0.4 is 11.2 Å². The highest BCUT2D eigenvalue weighted by atomic mass is 79.9. The number of hydrogen-bond donors (Lipinski definition) is 2. The van der Waals surface area contributed by atoms with E-state index < -0.39 is 6.03 Å². The standard InChI is InChI=1S/C15H17BrN4O/c1-9-4-5-13(7-14(9)16)20-10(2)6-12(11(20)3)8-18-19-15(17)21/h4-8H,1-3H3,(H3,17,19,21)/b18-8+. The Kier molecular flexibility index (Phi) is 4.47. The van der Waals surface area contributed by atoms with Crippen molar-refractivity contribution >= 4 is 28.2 Å². The zero-order valence-corrected chi connectivity index (χ0v) is 13.7. The monoisotopic (exact) mass is 348 g/mol. The second-order valence-corrected chi connectivity index (χ2v) is 5.68. The number of rotatable bonds is 3. The van der Waals surface area contributed by atoms with Gasteiger partial charge in [0.25, 0.3) is 0 Å². The Morgan fingerprint density at radius 1 is 1.33 bits per heavy atom. The van der Waals surface area contributed by atoms with Crippen molar-refractivity contribution in [3.8, 4) is 5.69 Å². The topological polar surface area (TPSA) is 72.4 Å². The third-order valence-electron chi connectivity index (χ3n) is 3.26. The Hall–Kier alpha value is -2.08. The van der Waals surface area contributed by atoms with Crippen molar-refractivity contribution in [3.63, 3.8) is 0 Å². The number of benzene rings is 1. The van der Waals surface area contributed by atoms with E-state index in [1.807, 2.05) is 19.9 Å². The minimum Gasteiger partial charge on any atom is -0.350 e. The highest BCUT2D eigenvalue weighted by Gasteiger charge is 2.10. The lowest BCUT2D eigenvalue weighted by molar-refractivity contribution is 0.249. The van der Waals surface area contributed by atoms with Crippen molar-refractivity contribution in [1.29, 1.82) is 0 Å². The first-order valence-corrected chi connectivity index (χ1v) is 7.23. The number of nitrogens with zero attached hydrogens (tertiary/aromatic N) is 2. The average Bonchev–Trinajstić information content (AvgIpc) is 2.68. The van der Waals surface area contributed by atoms with Gasteiger partial charge in [0.2, 0.25) is 0 Å². The molecule has 0 spiro atoms. The van der Waals surface area contributed by atoms with Crippen molar-refractivity contribution in [3.05, 3.63) is 51.3 Å². The van der Waals surface area contributed by atoms with E-state index in [-0.39, 0.29) is 0 Å². The van der Waals surface area contributed by atoms with Gasteiger partial charge in [0.15, 0.2) is 0 Å². The van der Waals surface area contributed by atoms with Gasteiger partial charge in [-0.15, -0.1) is 0 Å². The van der Waals surface area contributed by atoms with Crippen molar-refractivity contribution in [2.24, 2.45) is 10.8 Å². The van der Waals surface area contributed by atoms with Crippen LogP contribution in [0.25, 0.3) is 5.69 Å². The first-order chi connectivity index (χ1) is 9.90. The summed E-state index contributed by atoms with van der Waals surface area (Å²) in [6, 6.07) is 7.55. The maximum Gasteiger partial charge on any atom is 0.332 e. The van der Waals surface area contributed by atoms with Crippen LogP contribution in [0, 0.1) is 20.8 Å². The molecule has 0 bridgehead atoms. The normalized spacial score (nSPS) is 11.0. The fourth-order valence-corrected chi connectivity index (χ4v) is 2.57. The van der Waals surface area contributed by atoms with Gasteiger partial charge in [0, 0.05) is 27.1 Å². The second kappa shape index (κ2) is 6.13. The highest BCUT2D eigenvalue weighted by Crippen LogP contribution is 2.24. The van der Waals surface area contributed by atoms with E-state index in [0.717, 1.165) is 27.1 Å². The zero-order valence-electron chi connectivity index (χ0n) is 12.1. The SMILES string of the molecule is Cc1ccc(-n2c(C)cc(/C=N/NC(N)=O)c2C)cc1Br. The molecule has 0 aliphatic heterocycles. The Morgan fingerprint density at radius 3 is 2.67 bits per heavy atom. The smallest absolute Gasteiger partial charge is 0.332 e. The van der Waals surface area contributed by atoms with Gasteiger partial charge in [-0.3, -0.25) is 0 Å². The maximum absolute atomic E-state index is 10.6. The molecule has 5 nitrogen and oxygen atoms in total. The van der Waals surface area contributed by atoms with E-state index in [1.54, 1.807) is 6.21 Å². The lowest BCUT2D eigenvalue weighted by atomic mass is 10.2. The van der Waals surface area contributed by atoms with Gasteiger partial charge in [0.05, 0.1) is 6.21 Å². The van der Waals surface area contributed by atoms with E-state index in [1.165, 1.54) is 5.56 Å². The van der Waals surface area contributed by atoms with Crippen LogP contribution in [0.15, 0.2) is 33.8 Å². The minimum absolute atomic E-state index is 0.678. The minimum atomic E-state index is -0.678. The zero-order chi connectivity index (χ0) is 15.6. The first kappa shape index (κ1) is 15.3. The summed E-state index contributed by atoms with van der Waals surface area (Å²) in [5.74, 6) is 0. The largest absolute Gasteiger partial charge is 0.350 e. The number of halogens is 1. The number of primary amides is 1. The van der Waals surface area contributed by atoms with Crippen molar-refractivity contribution in [2.75, 3.05) is 0 Å². The van der Waals surface area contributed by atoms with Crippen LogP contribution in [0.4, 0.5) is 4.79 Å². The molecule has 0 unspecified atom stereocenters. The Labute approximate surface area is 132 Å². The quantitative estimate of drug-likeness (QED) is 0.648. The molecule has 0 fully saturated rings. The number of nitrogens with one attached hydrogen (secondary N) is 1. The molecule has 0 saturated heterocycles. The second-order valence-electron chi connectivity index (χ2n) is 4.83. The molecule has 0 aliphatic rings. The van der Waals surface area contributed by atoms with Gasteiger partial charge >= 0.3 is 6.03 Å². The fraction of sp³-hybridized carbons (Fsp3) is 0.200. The maximum atomic E-state index is 10.6. The summed E-state index contributed by atoms with van der Waals surface area (Å²) < 4.78 is 3.20. The average molecular weight is 349 g/mol. The van der Waals surface area contributed by atoms with E-state index in [0.29, 0.717) is 0 Å². The lowest BCUT2D eigenvalue weighted by Gasteiger charge is -2.11. The Balaban J connectivity index is 2.41. The molecule has 6 heteroatoms. The predicted octanol–water partition coefficient (Wildman–Crippen LogP) is 3.17. The molecule has 21 heavy (non-hydrogen) atoms. The van der Waals surface area contributed by atoms with Crippen LogP contribution in [0.2, 0.25) is 0 Å². The molecule has 2 rings (SSSR count). The van der Waals surface area contributed by atoms with Gasteiger partial charge in [-0.25, -0.2) is 10.2 Å². The molecule has 0 radical (unpaired) electrons. The molecule has 110 valence electrons. The number of hydrazone groups is 1. The van der Waals surface area contributed by atoms with Crippen molar-refractivity contribution < 1.29 is 4.79 Å². The summed E-state index contributed by atoms with van der Waals surface area (Å²) in [5.41, 5.74) is 12.5. The number of nitrogens with two attached hydrogens (primary N) is 1. The molecule has 1 aromatic heterocycles. The third-order valence-corrected chi connectivity index (χ3v) is 4.12. The number of hydrogen-bond acceptors (Lipinski definition) is 2. The molecule has 3 N–H and O–H groups in total. The van der Waals surface area contributed by atoms with E-state index >= 15 is 0 Å². The molecule has 0 aliphatic carbocycles. The van der Waals surface area contributed by atoms with E-state index in [9.17, 15) is 4.79 Å². The van der Waals surface area contributed by atoms with Gasteiger partial charge in [-0.1, -0.05) is 22.0 Å². The summed E-state index contributed by atoms with van der Waals surface area (Å²) in [6.45, 7) is 6.09. The van der Waals surface area contributed by atoms with Gasteiger partial charge in [-0.2, -0.15) is 5.10 Å². The van der Waals surface area contributed by atoms with Crippen LogP contribution in [0.5, 0.6) is 0 Å². The van der Waals surface area contributed by atoms with Gasteiger partial charge < -0.3 is 10.3 Å². The van der Waals surface area contributed by atoms with Crippen LogP contribution in [0.3, 0.4) is 0 Å². The number of urea groups is 1. The number of aromatic nitrogens is 1. The Morgan fingerprint density at radius 2 is 2.05 bits per heavy atom. The summed E-state index contributed by atoms with van der Waals surface area (Å²) in [7, 11) is 0. The van der Waals surface area contributed by atoms with Crippen LogP contribution in [0.1, 0.15) is 22.5 Å². The molecule has 2 aromatic rings. The molecular weight excluding hydrogens is 332 g/mol. The number of aryl methyl sites for hydroxylation is 2. The summed E-state index contributed by atoms with van der Waals surface area (Å²) in [4.78, 5) is 10.6. The fourth-order valence-electron chi connectivity index (χ4n) is 2.20. The molecule has 1 aromatic carbocycles. The molecular formula is C15H17BrN4O. The predicted molar refractivity (Wildman–Crippen MR) is 88.0 cm³/mol. The van der Waals surface area contributed by atoms with Crippen LogP contribution in [-0.2, 0) is 0 Å². The molecule has 2 amide bonds. The summed E-state index contributed by atoms with van der Waals surface area (Å²) in [5, 5.41) is 3.81. The number of carbonyl (C=O) groups excluding carboxylic acids is 1. The van der Waals surface area contributed by atoms with Crippen LogP contribution >= 0.6 is 15.9 Å². The molecule has 0 saturated carbocycles. The van der Waals surface area contributed by atoms with Crippen molar-refractivity contribution in [2.45, 2.75) is 20.8 Å². The number of amides is 2. The van der Waals surface area contributed by atoms with Crippen molar-refractivity contribution in [1.82, 2.24) is 9.99 Å². The number of carbonyl (C=O) groups is 1. The molecule has 0 atom stereocenters. The summed E-state index contributed by atoms with van der Waals surface area (Å²) in [6.07, 6.45) is 1.59. The third kappa shape index (κ3) is 3.33. The Bertz CT molecular complexity index is 719. The van der Waals surface area contributed by atoms with E-state index in [2.05, 4.69) is 56.1 Å². The van der Waals surface area contributed by atoms with Gasteiger partial charge in [-0.05, 0) is 44.5 Å². The highest BCUT2D eigenvalue weighted by molar-refractivity contribution is 9.10. The van der Waals surface area contributed by atoms with E-state index in [4.69, 9.17) is 5.73 Å². The summed E-state index contributed by atoms with van der Waals surface area (Å²) >= 11 is 3.56. The molecule has 1 heterocycles. The van der Waals surface area contributed by atoms with Crippen LogP contribution in [-0.4, -0.2) is 16.8 Å². The van der Waals surface area contributed by atoms with Gasteiger partial charge in [0.1, 0.15) is 0 Å². The first-order valence-electron chi connectivity index (χ1n) is 6.44.